The number of carbonyl (C=O) groups excluding carboxylic acids is 2. The molecule has 39 heavy (non-hydrogen) atoms. The number of carbonyl (C=O) groups is 2. The summed E-state index contributed by atoms with van der Waals surface area (Å²) in [6.45, 7) is 3.64. The van der Waals surface area contributed by atoms with Crippen molar-refractivity contribution in [2.45, 2.75) is 50.5 Å². The zero-order valence-electron chi connectivity index (χ0n) is 22.5. The lowest BCUT2D eigenvalue weighted by molar-refractivity contribution is -0.152. The molecule has 1 saturated heterocycles. The Hall–Kier alpha value is -2.69. The normalized spacial score (nSPS) is 23.9. The fraction of sp³-hybridized carbons (Fsp3) is 0.517. The van der Waals surface area contributed by atoms with Crippen molar-refractivity contribution in [1.82, 2.24) is 10.2 Å². The topological polar surface area (TPSA) is 123 Å². The van der Waals surface area contributed by atoms with E-state index in [9.17, 15) is 14.7 Å². The number of amides is 2. The number of benzene rings is 2. The van der Waals surface area contributed by atoms with Crippen LogP contribution in [0.1, 0.15) is 37.0 Å². The highest BCUT2D eigenvalue weighted by atomic mass is 35.5. The highest BCUT2D eigenvalue weighted by Gasteiger charge is 2.40. The summed E-state index contributed by atoms with van der Waals surface area (Å²) in [6, 6.07) is 13.5. The third kappa shape index (κ3) is 7.10. The summed E-state index contributed by atoms with van der Waals surface area (Å²) in [5.74, 6) is -0.334. The summed E-state index contributed by atoms with van der Waals surface area (Å²) in [4.78, 5) is 26.7. The number of nitrogens with two attached hydrogens (primary N) is 1. The highest BCUT2D eigenvalue weighted by molar-refractivity contribution is 6.33. The summed E-state index contributed by atoms with van der Waals surface area (Å²) in [6.07, 6.45) is -0.543. The van der Waals surface area contributed by atoms with E-state index in [1.165, 1.54) is 12.7 Å². The van der Waals surface area contributed by atoms with E-state index in [0.29, 0.717) is 37.6 Å². The molecular formula is C29H38ClN3O6. The maximum absolute atomic E-state index is 13.4. The molecule has 212 valence electrons. The van der Waals surface area contributed by atoms with Gasteiger partial charge in [0.15, 0.2) is 0 Å². The lowest BCUT2D eigenvalue weighted by atomic mass is 9.91. The van der Waals surface area contributed by atoms with Gasteiger partial charge in [-0.05, 0) is 42.0 Å². The number of aryl methyl sites for hydroxylation is 1. The predicted molar refractivity (Wildman–Crippen MR) is 148 cm³/mol. The summed E-state index contributed by atoms with van der Waals surface area (Å²) in [5, 5.41) is 13.3. The number of halogens is 1. The summed E-state index contributed by atoms with van der Waals surface area (Å²) in [5.41, 5.74) is 9.81. The van der Waals surface area contributed by atoms with E-state index in [1.54, 1.807) is 4.90 Å². The van der Waals surface area contributed by atoms with Gasteiger partial charge in [-0.1, -0.05) is 54.9 Å². The van der Waals surface area contributed by atoms with Crippen LogP contribution in [0.15, 0.2) is 42.5 Å². The molecule has 1 aliphatic heterocycles. The molecule has 2 amide bonds. The predicted octanol–water partition coefficient (Wildman–Crippen LogP) is 3.31. The average Bonchev–Trinajstić information content (AvgIpc) is 3.30. The van der Waals surface area contributed by atoms with Gasteiger partial charge in [0.05, 0.1) is 26.4 Å². The molecule has 1 saturated carbocycles. The molecule has 2 aliphatic rings. The number of rotatable bonds is 9. The van der Waals surface area contributed by atoms with Gasteiger partial charge in [-0.25, -0.2) is 4.79 Å². The molecule has 2 aromatic rings. The van der Waals surface area contributed by atoms with E-state index in [2.05, 4.69) is 29.1 Å². The molecule has 0 radical (unpaired) electrons. The van der Waals surface area contributed by atoms with Crippen molar-refractivity contribution in [3.05, 3.63) is 58.6 Å². The molecule has 0 aromatic heterocycles. The minimum Gasteiger partial charge on any atom is -0.453 e. The van der Waals surface area contributed by atoms with Crippen LogP contribution in [0.25, 0.3) is 11.1 Å². The van der Waals surface area contributed by atoms with Crippen LogP contribution in [-0.2, 0) is 25.4 Å². The number of hydrogen-bond acceptors (Lipinski definition) is 7. The third-order valence-electron chi connectivity index (χ3n) is 7.50. The minimum absolute atomic E-state index is 0.0247. The lowest BCUT2D eigenvalue weighted by Crippen LogP contribution is -2.50. The van der Waals surface area contributed by atoms with Crippen molar-refractivity contribution in [1.29, 1.82) is 0 Å². The molecule has 2 aromatic carbocycles. The molecule has 1 unspecified atom stereocenters. The van der Waals surface area contributed by atoms with E-state index in [0.717, 1.165) is 23.1 Å². The van der Waals surface area contributed by atoms with Crippen molar-refractivity contribution in [3.63, 3.8) is 0 Å². The Kier molecular flexibility index (Phi) is 10.2. The standard InChI is InChI=1S/C29H38ClN3O6/c1-3-18-6-4-7-19(14-18)26-21(8-5-9-22(26)30)27(39-12-10-32-29(36)37-2)25-17-33(11-13-38-25)28(35)20-15-23(31)24(34)16-20/h4-9,14,20,23-25,27,34H,3,10-13,15-17,31H2,1-2H3,(H,32,36)/t20-,23+,24-,25+,27?/m0/s1. The molecule has 4 N–H and O–H groups in total. The lowest BCUT2D eigenvalue weighted by Gasteiger charge is -2.38. The smallest absolute Gasteiger partial charge is 0.406 e. The molecule has 9 nitrogen and oxygen atoms in total. The van der Waals surface area contributed by atoms with Crippen LogP contribution in [0.3, 0.4) is 0 Å². The maximum atomic E-state index is 13.4. The second kappa shape index (κ2) is 13.6. The van der Waals surface area contributed by atoms with Gasteiger partial charge in [-0.2, -0.15) is 0 Å². The summed E-state index contributed by atoms with van der Waals surface area (Å²) >= 11 is 6.79. The molecule has 10 heteroatoms. The zero-order valence-corrected chi connectivity index (χ0v) is 23.2. The number of hydrogen-bond donors (Lipinski definition) is 3. The van der Waals surface area contributed by atoms with Crippen LogP contribution < -0.4 is 11.1 Å². The Morgan fingerprint density at radius 1 is 1.26 bits per heavy atom. The van der Waals surface area contributed by atoms with Crippen molar-refractivity contribution < 1.29 is 28.9 Å². The number of nitrogens with zero attached hydrogens (tertiary/aromatic N) is 1. The first-order valence-corrected chi connectivity index (χ1v) is 13.8. The van der Waals surface area contributed by atoms with Crippen LogP contribution in [0.2, 0.25) is 5.02 Å². The first-order chi connectivity index (χ1) is 18.8. The molecular weight excluding hydrogens is 522 g/mol. The molecule has 0 bridgehead atoms. The molecule has 0 spiro atoms. The number of aliphatic hydroxyl groups is 1. The Bertz CT molecular complexity index is 1140. The van der Waals surface area contributed by atoms with E-state index in [4.69, 9.17) is 26.8 Å². The van der Waals surface area contributed by atoms with Crippen LogP contribution in [0, 0.1) is 5.92 Å². The monoisotopic (exact) mass is 559 g/mol. The Labute approximate surface area is 234 Å². The number of ether oxygens (including phenoxy) is 3. The van der Waals surface area contributed by atoms with Crippen LogP contribution >= 0.6 is 11.6 Å². The second-order valence-corrected chi connectivity index (χ2v) is 10.5. The van der Waals surface area contributed by atoms with E-state index in [-0.39, 0.29) is 31.0 Å². The second-order valence-electron chi connectivity index (χ2n) is 10.1. The van der Waals surface area contributed by atoms with E-state index >= 15 is 0 Å². The number of morpholine rings is 1. The SMILES string of the molecule is CCc1cccc(-c2c(Cl)cccc2C(OCCNC(=O)OC)[C@H]2CN(C(=O)[C@H]3C[C@@H](N)[C@@H](O)C3)CCO2)c1. The maximum Gasteiger partial charge on any atom is 0.406 e. The first-order valence-electron chi connectivity index (χ1n) is 13.5. The number of methoxy groups -OCH3 is 1. The molecule has 2 fully saturated rings. The Balaban J connectivity index is 1.62. The Morgan fingerprint density at radius 2 is 2.05 bits per heavy atom. The molecule has 5 atom stereocenters. The van der Waals surface area contributed by atoms with Gasteiger partial charge in [-0.3, -0.25) is 4.79 Å². The summed E-state index contributed by atoms with van der Waals surface area (Å²) < 4.78 is 17.2. The fourth-order valence-corrected chi connectivity index (χ4v) is 5.70. The van der Waals surface area contributed by atoms with Crippen LogP contribution in [0.4, 0.5) is 4.79 Å². The van der Waals surface area contributed by atoms with Gasteiger partial charge in [-0.15, -0.1) is 0 Å². The van der Waals surface area contributed by atoms with Gasteiger partial charge in [0.2, 0.25) is 5.91 Å². The molecule has 1 aliphatic carbocycles. The van der Waals surface area contributed by atoms with Crippen molar-refractivity contribution in [3.8, 4) is 11.1 Å². The van der Waals surface area contributed by atoms with Crippen LogP contribution in [-0.4, -0.2) is 80.2 Å². The largest absolute Gasteiger partial charge is 0.453 e. The van der Waals surface area contributed by atoms with Gasteiger partial charge in [0.1, 0.15) is 12.2 Å². The average molecular weight is 560 g/mol. The van der Waals surface area contributed by atoms with Gasteiger partial charge in [0.25, 0.3) is 0 Å². The highest BCUT2D eigenvalue weighted by Crippen LogP contribution is 2.39. The van der Waals surface area contributed by atoms with E-state index < -0.39 is 24.4 Å². The third-order valence-corrected chi connectivity index (χ3v) is 7.81. The minimum atomic E-state index is -0.665. The van der Waals surface area contributed by atoms with Gasteiger partial charge < -0.3 is 35.3 Å². The van der Waals surface area contributed by atoms with Crippen molar-refractivity contribution in [2.75, 3.05) is 40.0 Å². The van der Waals surface area contributed by atoms with Crippen molar-refractivity contribution >= 4 is 23.6 Å². The first kappa shape index (κ1) is 29.3. The fourth-order valence-electron chi connectivity index (χ4n) is 5.40. The molecule has 4 rings (SSSR count). The molecule has 1 heterocycles. The zero-order chi connectivity index (χ0) is 27.9. The van der Waals surface area contributed by atoms with Gasteiger partial charge >= 0.3 is 6.09 Å². The van der Waals surface area contributed by atoms with E-state index in [1.807, 2.05) is 30.3 Å². The Morgan fingerprint density at radius 3 is 2.77 bits per heavy atom. The summed E-state index contributed by atoms with van der Waals surface area (Å²) in [7, 11) is 1.30. The number of nitrogens with one attached hydrogen (secondary N) is 1. The van der Waals surface area contributed by atoms with Crippen LogP contribution in [0.5, 0.6) is 0 Å². The number of alkyl carbamates (subject to hydrolysis) is 1. The van der Waals surface area contributed by atoms with Gasteiger partial charge in [0, 0.05) is 42.2 Å². The van der Waals surface area contributed by atoms with Crippen molar-refractivity contribution in [2.24, 2.45) is 11.7 Å². The quantitative estimate of drug-likeness (QED) is 0.403. The number of aliphatic hydroxyl groups excluding tert-OH is 1.